The summed E-state index contributed by atoms with van der Waals surface area (Å²) < 4.78 is 2.72. The van der Waals surface area contributed by atoms with Gasteiger partial charge in [0.1, 0.15) is 0 Å². The molecule has 0 atom stereocenters. The summed E-state index contributed by atoms with van der Waals surface area (Å²) in [7, 11) is 0. The molecule has 4 heteroatoms. The number of rotatable bonds is 4. The van der Waals surface area contributed by atoms with Crippen LogP contribution in [0.25, 0.3) is 0 Å². The van der Waals surface area contributed by atoms with E-state index < -0.39 is 0 Å². The minimum atomic E-state index is 0.108. The first kappa shape index (κ1) is 13.0. The quantitative estimate of drug-likeness (QED) is 0.812. The topological polar surface area (TPSA) is 34.9 Å². The van der Waals surface area contributed by atoms with Gasteiger partial charge in [-0.3, -0.25) is 9.48 Å². The van der Waals surface area contributed by atoms with Crippen molar-refractivity contribution in [3.8, 4) is 0 Å². The Balaban J connectivity index is 2.24. The van der Waals surface area contributed by atoms with Crippen molar-refractivity contribution in [2.75, 3.05) is 0 Å². The van der Waals surface area contributed by atoms with Crippen LogP contribution in [0.1, 0.15) is 28.7 Å². The standard InChI is InChI=1S/C14H15BrN2O/c1-3-17-11(8-10(2)16-17)9-14(18)12-6-4-5-7-13(12)15/h4-8H,3,9H2,1-2H3. The third-order valence-electron chi connectivity index (χ3n) is 2.80. The summed E-state index contributed by atoms with van der Waals surface area (Å²) in [6.45, 7) is 4.75. The average Bonchev–Trinajstić information content (AvgIpc) is 2.70. The van der Waals surface area contributed by atoms with Crippen molar-refractivity contribution in [3.63, 3.8) is 0 Å². The van der Waals surface area contributed by atoms with Crippen LogP contribution in [-0.2, 0) is 13.0 Å². The van der Waals surface area contributed by atoms with Crippen LogP contribution in [0.3, 0.4) is 0 Å². The minimum Gasteiger partial charge on any atom is -0.294 e. The monoisotopic (exact) mass is 306 g/mol. The molecule has 0 aliphatic carbocycles. The van der Waals surface area contributed by atoms with E-state index in [1.807, 2.05) is 48.9 Å². The number of aromatic nitrogens is 2. The van der Waals surface area contributed by atoms with Gasteiger partial charge in [0.2, 0.25) is 0 Å². The van der Waals surface area contributed by atoms with Crippen LogP contribution < -0.4 is 0 Å². The van der Waals surface area contributed by atoms with Gasteiger partial charge in [-0.1, -0.05) is 34.1 Å². The normalized spacial score (nSPS) is 10.6. The van der Waals surface area contributed by atoms with Crippen molar-refractivity contribution in [2.45, 2.75) is 26.8 Å². The molecule has 0 aliphatic rings. The van der Waals surface area contributed by atoms with Crippen molar-refractivity contribution in [1.29, 1.82) is 0 Å². The molecule has 0 N–H and O–H groups in total. The van der Waals surface area contributed by atoms with Crippen molar-refractivity contribution >= 4 is 21.7 Å². The number of hydrogen-bond acceptors (Lipinski definition) is 2. The van der Waals surface area contributed by atoms with Crippen LogP contribution in [0, 0.1) is 6.92 Å². The molecule has 18 heavy (non-hydrogen) atoms. The number of ketones is 1. The summed E-state index contributed by atoms with van der Waals surface area (Å²) in [5.74, 6) is 0.108. The van der Waals surface area contributed by atoms with Gasteiger partial charge < -0.3 is 0 Å². The first-order chi connectivity index (χ1) is 8.61. The molecule has 0 fully saturated rings. The largest absolute Gasteiger partial charge is 0.294 e. The predicted molar refractivity (Wildman–Crippen MR) is 74.8 cm³/mol. The highest BCUT2D eigenvalue weighted by atomic mass is 79.9. The van der Waals surface area contributed by atoms with E-state index in [0.29, 0.717) is 6.42 Å². The van der Waals surface area contributed by atoms with Gasteiger partial charge in [-0.05, 0) is 26.0 Å². The zero-order valence-electron chi connectivity index (χ0n) is 10.5. The van der Waals surface area contributed by atoms with Crippen molar-refractivity contribution in [2.24, 2.45) is 0 Å². The fourth-order valence-electron chi connectivity index (χ4n) is 1.96. The summed E-state index contributed by atoms with van der Waals surface area (Å²) in [5.41, 5.74) is 2.64. The summed E-state index contributed by atoms with van der Waals surface area (Å²) in [5, 5.41) is 4.35. The molecule has 0 saturated carbocycles. The lowest BCUT2D eigenvalue weighted by atomic mass is 10.1. The molecule has 94 valence electrons. The number of aryl methyl sites for hydroxylation is 2. The van der Waals surface area contributed by atoms with Crippen LogP contribution in [0.4, 0.5) is 0 Å². The molecule has 0 saturated heterocycles. The molecule has 0 spiro atoms. The molecule has 0 unspecified atom stereocenters. The van der Waals surface area contributed by atoms with Crippen molar-refractivity contribution in [1.82, 2.24) is 9.78 Å². The van der Waals surface area contributed by atoms with E-state index in [4.69, 9.17) is 0 Å². The molecule has 3 nitrogen and oxygen atoms in total. The fourth-order valence-corrected chi connectivity index (χ4v) is 2.47. The Hall–Kier alpha value is -1.42. The number of halogens is 1. The van der Waals surface area contributed by atoms with Crippen LogP contribution >= 0.6 is 15.9 Å². The molecule has 1 heterocycles. The van der Waals surface area contributed by atoms with Crippen LogP contribution in [0.15, 0.2) is 34.8 Å². The molecule has 1 aromatic carbocycles. The molecule has 2 aromatic rings. The third kappa shape index (κ3) is 2.70. The first-order valence-electron chi connectivity index (χ1n) is 5.93. The summed E-state index contributed by atoms with van der Waals surface area (Å²) in [6.07, 6.45) is 0.386. The average molecular weight is 307 g/mol. The van der Waals surface area contributed by atoms with E-state index in [-0.39, 0.29) is 5.78 Å². The highest BCUT2D eigenvalue weighted by Crippen LogP contribution is 2.18. The molecule has 0 aliphatic heterocycles. The second-order valence-corrected chi connectivity index (χ2v) is 5.03. The van der Waals surface area contributed by atoms with Gasteiger partial charge in [-0.2, -0.15) is 5.10 Å². The van der Waals surface area contributed by atoms with Crippen molar-refractivity contribution in [3.05, 3.63) is 51.8 Å². The highest BCUT2D eigenvalue weighted by molar-refractivity contribution is 9.10. The van der Waals surface area contributed by atoms with Gasteiger partial charge in [0.25, 0.3) is 0 Å². The van der Waals surface area contributed by atoms with E-state index in [1.54, 1.807) is 0 Å². The Morgan fingerprint density at radius 3 is 2.78 bits per heavy atom. The zero-order chi connectivity index (χ0) is 13.1. The van der Waals surface area contributed by atoms with Crippen LogP contribution in [-0.4, -0.2) is 15.6 Å². The molecule has 0 bridgehead atoms. The molecule has 0 amide bonds. The van der Waals surface area contributed by atoms with E-state index in [9.17, 15) is 4.79 Å². The summed E-state index contributed by atoms with van der Waals surface area (Å²) in [4.78, 5) is 12.2. The Bertz CT molecular complexity index is 575. The second kappa shape index (κ2) is 5.48. The summed E-state index contributed by atoms with van der Waals surface area (Å²) >= 11 is 3.41. The lowest BCUT2D eigenvalue weighted by Gasteiger charge is -2.05. The molecule has 1 aromatic heterocycles. The molecule has 0 radical (unpaired) electrons. The number of hydrogen-bond donors (Lipinski definition) is 0. The zero-order valence-corrected chi connectivity index (χ0v) is 12.1. The number of carbonyl (C=O) groups excluding carboxylic acids is 1. The van der Waals surface area contributed by atoms with Crippen LogP contribution in [0.5, 0.6) is 0 Å². The maximum Gasteiger partial charge on any atom is 0.169 e. The number of Topliss-reactive ketones (excluding diaryl/α,β-unsaturated/α-hetero) is 1. The first-order valence-corrected chi connectivity index (χ1v) is 6.72. The smallest absolute Gasteiger partial charge is 0.169 e. The lowest BCUT2D eigenvalue weighted by molar-refractivity contribution is 0.0990. The molecular weight excluding hydrogens is 292 g/mol. The fraction of sp³-hybridized carbons (Fsp3) is 0.286. The van der Waals surface area contributed by atoms with Crippen molar-refractivity contribution < 1.29 is 4.79 Å². The van der Waals surface area contributed by atoms with Gasteiger partial charge in [0.15, 0.2) is 5.78 Å². The maximum absolute atomic E-state index is 12.2. The van der Waals surface area contributed by atoms with E-state index >= 15 is 0 Å². The van der Waals surface area contributed by atoms with Gasteiger partial charge in [-0.25, -0.2) is 0 Å². The lowest BCUT2D eigenvalue weighted by Crippen LogP contribution is -2.10. The third-order valence-corrected chi connectivity index (χ3v) is 3.49. The maximum atomic E-state index is 12.2. The Morgan fingerprint density at radius 1 is 1.39 bits per heavy atom. The molecule has 2 rings (SSSR count). The van der Waals surface area contributed by atoms with Gasteiger partial charge in [0.05, 0.1) is 12.1 Å². The van der Waals surface area contributed by atoms with Gasteiger partial charge >= 0.3 is 0 Å². The number of benzene rings is 1. The Kier molecular flexibility index (Phi) is 3.97. The van der Waals surface area contributed by atoms with E-state index in [1.165, 1.54) is 0 Å². The SMILES string of the molecule is CCn1nc(C)cc1CC(=O)c1ccccc1Br. The number of carbonyl (C=O) groups is 1. The van der Waals surface area contributed by atoms with E-state index in [0.717, 1.165) is 28.0 Å². The summed E-state index contributed by atoms with van der Waals surface area (Å²) in [6, 6.07) is 9.47. The van der Waals surface area contributed by atoms with Gasteiger partial charge in [-0.15, -0.1) is 0 Å². The minimum absolute atomic E-state index is 0.108. The predicted octanol–water partition coefficient (Wildman–Crippen LogP) is 3.40. The Morgan fingerprint density at radius 2 is 2.11 bits per heavy atom. The Labute approximate surface area is 115 Å². The van der Waals surface area contributed by atoms with E-state index in [2.05, 4.69) is 21.0 Å². The van der Waals surface area contributed by atoms with Crippen LogP contribution in [0.2, 0.25) is 0 Å². The highest BCUT2D eigenvalue weighted by Gasteiger charge is 2.13. The van der Waals surface area contributed by atoms with Gasteiger partial charge in [0, 0.05) is 22.3 Å². The molecular formula is C14H15BrN2O. The second-order valence-electron chi connectivity index (χ2n) is 4.17. The number of nitrogens with zero attached hydrogens (tertiary/aromatic N) is 2.